The number of esters is 2. The summed E-state index contributed by atoms with van der Waals surface area (Å²) in [4.78, 5) is 37.0. The van der Waals surface area contributed by atoms with Crippen LogP contribution in [0, 0.1) is 0 Å². The molecule has 0 saturated heterocycles. The quantitative estimate of drug-likeness (QED) is 0.0218. The minimum atomic E-state index is -0.887. The molecule has 0 aromatic heterocycles. The van der Waals surface area contributed by atoms with E-state index in [9.17, 15) is 19.5 Å². The maximum Gasteiger partial charge on any atom is 0.362 e. The number of aliphatic carboxylic acids is 1. The Morgan fingerprint density at radius 2 is 1.00 bits per heavy atom. The number of rotatable bonds is 38. The van der Waals surface area contributed by atoms with Crippen LogP contribution in [0.15, 0.2) is 85.1 Å². The molecule has 8 heteroatoms. The van der Waals surface area contributed by atoms with Gasteiger partial charge in [-0.3, -0.25) is 9.59 Å². The number of hydrogen-bond acceptors (Lipinski definition) is 6. The number of allylic oxidation sites excluding steroid dienone is 14. The zero-order chi connectivity index (χ0) is 42.1. The maximum atomic E-state index is 12.7. The van der Waals surface area contributed by atoms with E-state index in [0.717, 1.165) is 64.2 Å². The Morgan fingerprint density at radius 1 is 0.544 bits per heavy atom. The highest BCUT2D eigenvalue weighted by molar-refractivity contribution is 5.72. The van der Waals surface area contributed by atoms with Crippen molar-refractivity contribution >= 4 is 17.9 Å². The van der Waals surface area contributed by atoms with Gasteiger partial charge in [-0.05, 0) is 57.8 Å². The fraction of sp³-hybridized carbons (Fsp3) is 0.653. The predicted molar refractivity (Wildman–Crippen MR) is 238 cm³/mol. The molecule has 0 radical (unpaired) electrons. The van der Waals surface area contributed by atoms with E-state index in [-0.39, 0.29) is 36.2 Å². The Bertz CT molecular complexity index is 1200. The molecule has 0 fully saturated rings. The molecule has 0 aromatic rings. The lowest BCUT2D eigenvalue weighted by Gasteiger charge is -2.31. The summed E-state index contributed by atoms with van der Waals surface area (Å²) in [6, 6.07) is -0.627. The first kappa shape index (κ1) is 53.5. The lowest BCUT2D eigenvalue weighted by atomic mass is 10.1. The topological polar surface area (TPSA) is 99.1 Å². The molecule has 1 N–H and O–H groups in total. The first-order valence-corrected chi connectivity index (χ1v) is 22.2. The van der Waals surface area contributed by atoms with Crippen molar-refractivity contribution in [1.29, 1.82) is 0 Å². The standard InChI is InChI=1S/C49H81NO7/c1-6-8-10-12-14-16-18-20-22-24-26-27-29-31-33-35-37-39-47(51)56-44-45(43-55-42-41-46(49(53)54)50(3,4)5)57-48(52)40-38-36-34-32-30-28-25-23-21-19-17-15-13-11-9-7-2/h8,10,12,14,16,18,20,22-27,29,45-46H,6-7,9,11,13,15,17,19,21,28,30-44H2,1-5H3/p+1/b10-8+,14-12+,18-16+,22-20+,25-23+,26-24+,29-27+. The smallest absolute Gasteiger partial charge is 0.362 e. The van der Waals surface area contributed by atoms with Crippen molar-refractivity contribution < 1.29 is 38.2 Å². The Balaban J connectivity index is 4.47. The van der Waals surface area contributed by atoms with E-state index in [4.69, 9.17) is 14.2 Å². The molecule has 2 unspecified atom stereocenters. The van der Waals surface area contributed by atoms with Gasteiger partial charge in [0, 0.05) is 19.3 Å². The monoisotopic (exact) mass is 797 g/mol. The van der Waals surface area contributed by atoms with Crippen LogP contribution in [-0.4, -0.2) is 80.6 Å². The molecule has 2 atom stereocenters. The number of nitrogens with zero attached hydrogens (tertiary/aromatic N) is 1. The summed E-state index contributed by atoms with van der Waals surface area (Å²) in [5, 5.41) is 9.62. The number of likely N-dealkylation sites (N-methyl/N-ethyl adjacent to an activating group) is 1. The van der Waals surface area contributed by atoms with E-state index in [1.807, 2.05) is 81.9 Å². The third-order valence-corrected chi connectivity index (χ3v) is 9.44. The highest BCUT2D eigenvalue weighted by Crippen LogP contribution is 2.13. The molecule has 0 spiro atoms. The minimum absolute atomic E-state index is 0.0382. The van der Waals surface area contributed by atoms with Crippen LogP contribution in [0.5, 0.6) is 0 Å². The summed E-state index contributed by atoms with van der Waals surface area (Å²) in [6.07, 6.45) is 50.5. The van der Waals surface area contributed by atoms with Gasteiger partial charge in [0.15, 0.2) is 12.1 Å². The molecule has 324 valence electrons. The maximum absolute atomic E-state index is 12.7. The molecule has 0 bridgehead atoms. The molecule has 0 aliphatic carbocycles. The lowest BCUT2D eigenvalue weighted by molar-refractivity contribution is -0.887. The van der Waals surface area contributed by atoms with Gasteiger partial charge in [-0.15, -0.1) is 0 Å². The summed E-state index contributed by atoms with van der Waals surface area (Å²) in [6.45, 7) is 4.52. The molecule has 0 saturated carbocycles. The Kier molecular flexibility index (Phi) is 36.9. The van der Waals surface area contributed by atoms with Crippen LogP contribution in [0.1, 0.15) is 155 Å². The van der Waals surface area contributed by atoms with E-state index in [1.54, 1.807) is 0 Å². The number of carbonyl (C=O) groups is 3. The second-order valence-electron chi connectivity index (χ2n) is 15.7. The second-order valence-corrected chi connectivity index (χ2v) is 15.7. The molecule has 0 aliphatic heterocycles. The molecule has 0 aliphatic rings. The number of quaternary nitrogens is 1. The number of carboxylic acids is 1. The normalized spacial score (nSPS) is 13.8. The van der Waals surface area contributed by atoms with Crippen molar-refractivity contribution in [2.24, 2.45) is 0 Å². The second kappa shape index (κ2) is 39.3. The van der Waals surface area contributed by atoms with Crippen LogP contribution in [0.3, 0.4) is 0 Å². The van der Waals surface area contributed by atoms with Crippen molar-refractivity contribution in [2.45, 2.75) is 167 Å². The van der Waals surface area contributed by atoms with Gasteiger partial charge in [0.25, 0.3) is 0 Å². The Hall–Kier alpha value is -3.49. The van der Waals surface area contributed by atoms with Gasteiger partial charge in [0.2, 0.25) is 0 Å². The summed E-state index contributed by atoms with van der Waals surface area (Å²) in [7, 11) is 5.50. The van der Waals surface area contributed by atoms with Crippen LogP contribution < -0.4 is 0 Å². The van der Waals surface area contributed by atoms with Crippen LogP contribution >= 0.6 is 0 Å². The Labute approximate surface area is 348 Å². The zero-order valence-electron chi connectivity index (χ0n) is 36.8. The SMILES string of the molecule is CC/C=C/C=C/C=C/C=C/C=C/C=C/CCCCCC(=O)OCC(COCCC(C(=O)O)[N+](C)(C)C)OC(=O)CCCCCCC/C=C/CCCCCCCCC. The molecule has 0 amide bonds. The first-order valence-electron chi connectivity index (χ1n) is 22.2. The van der Waals surface area contributed by atoms with Gasteiger partial charge >= 0.3 is 17.9 Å². The average molecular weight is 797 g/mol. The number of unbranched alkanes of at least 4 members (excludes halogenated alkanes) is 15. The van der Waals surface area contributed by atoms with E-state index in [1.165, 1.54) is 57.8 Å². The van der Waals surface area contributed by atoms with Gasteiger partial charge in [0.05, 0.1) is 34.4 Å². The van der Waals surface area contributed by atoms with Gasteiger partial charge in [-0.1, -0.05) is 163 Å². The average Bonchev–Trinajstić information content (AvgIpc) is 3.17. The molecule has 57 heavy (non-hydrogen) atoms. The van der Waals surface area contributed by atoms with Crippen molar-refractivity contribution in [3.8, 4) is 0 Å². The molecule has 8 nitrogen and oxygen atoms in total. The number of carbonyl (C=O) groups excluding carboxylic acids is 2. The van der Waals surface area contributed by atoms with Gasteiger partial charge < -0.3 is 23.8 Å². The largest absolute Gasteiger partial charge is 0.477 e. The van der Waals surface area contributed by atoms with Crippen LogP contribution in [0.4, 0.5) is 0 Å². The summed E-state index contributed by atoms with van der Waals surface area (Å²) >= 11 is 0. The van der Waals surface area contributed by atoms with Crippen molar-refractivity contribution in [2.75, 3.05) is 41.0 Å². The number of hydrogen-bond donors (Lipinski definition) is 1. The highest BCUT2D eigenvalue weighted by atomic mass is 16.6. The van der Waals surface area contributed by atoms with Crippen LogP contribution in [0.25, 0.3) is 0 Å². The van der Waals surface area contributed by atoms with Crippen molar-refractivity contribution in [1.82, 2.24) is 0 Å². The molecule has 0 aromatic carbocycles. The first-order chi connectivity index (χ1) is 27.6. The summed E-state index contributed by atoms with van der Waals surface area (Å²) < 4.78 is 17.2. The van der Waals surface area contributed by atoms with E-state index < -0.39 is 18.1 Å². The van der Waals surface area contributed by atoms with Gasteiger partial charge in [-0.2, -0.15) is 0 Å². The number of ether oxygens (including phenoxy) is 3. The molecule has 0 heterocycles. The summed E-state index contributed by atoms with van der Waals surface area (Å²) in [5.41, 5.74) is 0. The third kappa shape index (κ3) is 37.8. The zero-order valence-corrected chi connectivity index (χ0v) is 36.8. The lowest BCUT2D eigenvalue weighted by Crippen LogP contribution is -2.50. The van der Waals surface area contributed by atoms with Crippen molar-refractivity contribution in [3.05, 3.63) is 85.1 Å². The molecular weight excluding hydrogens is 715 g/mol. The number of carboxylic acid groups (broad SMARTS) is 1. The van der Waals surface area contributed by atoms with Crippen LogP contribution in [-0.2, 0) is 28.6 Å². The summed E-state index contributed by atoms with van der Waals surface area (Å²) in [5.74, 6) is -1.55. The van der Waals surface area contributed by atoms with Crippen LogP contribution in [0.2, 0.25) is 0 Å². The van der Waals surface area contributed by atoms with Gasteiger partial charge in [0.1, 0.15) is 6.61 Å². The van der Waals surface area contributed by atoms with E-state index >= 15 is 0 Å². The van der Waals surface area contributed by atoms with Gasteiger partial charge in [-0.25, -0.2) is 4.79 Å². The third-order valence-electron chi connectivity index (χ3n) is 9.44. The predicted octanol–water partition coefficient (Wildman–Crippen LogP) is 12.1. The minimum Gasteiger partial charge on any atom is -0.477 e. The molecule has 0 rings (SSSR count). The molecular formula is C49H82NO7+. The Morgan fingerprint density at radius 3 is 1.53 bits per heavy atom. The van der Waals surface area contributed by atoms with Crippen molar-refractivity contribution in [3.63, 3.8) is 0 Å². The fourth-order valence-electron chi connectivity index (χ4n) is 6.00. The van der Waals surface area contributed by atoms with E-state index in [2.05, 4.69) is 38.2 Å². The van der Waals surface area contributed by atoms with E-state index in [0.29, 0.717) is 19.3 Å². The highest BCUT2D eigenvalue weighted by Gasteiger charge is 2.31. The fourth-order valence-corrected chi connectivity index (χ4v) is 6.00.